The van der Waals surface area contributed by atoms with E-state index in [1.54, 1.807) is 10.9 Å². The molecule has 9 nitrogen and oxygen atoms in total. The second kappa shape index (κ2) is 4.99. The van der Waals surface area contributed by atoms with E-state index in [1.807, 2.05) is 13.8 Å². The third kappa shape index (κ3) is 2.27. The number of nitrogen functional groups attached to an aromatic ring is 1. The molecule has 124 valence electrons. The van der Waals surface area contributed by atoms with E-state index >= 15 is 0 Å². The number of nitrogens with two attached hydrogens (primary N) is 1. The van der Waals surface area contributed by atoms with E-state index in [2.05, 4.69) is 15.0 Å². The minimum atomic E-state index is -0.757. The zero-order valence-corrected chi connectivity index (χ0v) is 13.3. The minimum absolute atomic E-state index is 0.0222. The van der Waals surface area contributed by atoms with E-state index in [0.717, 1.165) is 0 Å². The molecule has 0 bridgehead atoms. The molecule has 2 aromatic heterocycles. The summed E-state index contributed by atoms with van der Waals surface area (Å²) in [5, 5.41) is 9.57. The van der Waals surface area contributed by atoms with Crippen molar-refractivity contribution in [2.24, 2.45) is 0 Å². The molecule has 0 aromatic carbocycles. The second-order valence-corrected chi connectivity index (χ2v) is 6.35. The van der Waals surface area contributed by atoms with Gasteiger partial charge in [-0.1, -0.05) is 0 Å². The van der Waals surface area contributed by atoms with E-state index < -0.39 is 24.2 Å². The lowest BCUT2D eigenvalue weighted by Crippen LogP contribution is -2.31. The van der Waals surface area contributed by atoms with Crippen LogP contribution in [-0.2, 0) is 14.2 Å². The van der Waals surface area contributed by atoms with Crippen LogP contribution in [0.1, 0.15) is 20.1 Å². The zero-order chi connectivity index (χ0) is 16.4. The van der Waals surface area contributed by atoms with Crippen molar-refractivity contribution >= 4 is 28.6 Å². The van der Waals surface area contributed by atoms with E-state index in [4.69, 9.17) is 31.5 Å². The number of imidazole rings is 1. The number of rotatable bonds is 2. The smallest absolute Gasteiger partial charge is 0.226 e. The quantitative estimate of drug-likeness (QED) is 0.757. The molecule has 2 saturated heterocycles. The number of ether oxygens (including phenoxy) is 3. The first kappa shape index (κ1) is 15.0. The molecule has 0 spiro atoms. The van der Waals surface area contributed by atoms with Gasteiger partial charge in [-0.05, 0) is 25.4 Å². The van der Waals surface area contributed by atoms with Gasteiger partial charge in [0.05, 0.1) is 12.9 Å². The number of hydrogen-bond donors (Lipinski definition) is 2. The normalized spacial score (nSPS) is 32.5. The fourth-order valence-electron chi connectivity index (χ4n) is 3.13. The van der Waals surface area contributed by atoms with E-state index in [1.165, 1.54) is 0 Å². The van der Waals surface area contributed by atoms with Gasteiger partial charge in [-0.3, -0.25) is 4.57 Å². The van der Waals surface area contributed by atoms with Gasteiger partial charge in [-0.15, -0.1) is 0 Å². The Hall–Kier alpha value is -1.52. The summed E-state index contributed by atoms with van der Waals surface area (Å²) in [5.41, 5.74) is 6.70. The first-order valence-corrected chi connectivity index (χ1v) is 7.55. The van der Waals surface area contributed by atoms with Crippen LogP contribution in [0.3, 0.4) is 0 Å². The van der Waals surface area contributed by atoms with Crippen molar-refractivity contribution in [3.63, 3.8) is 0 Å². The van der Waals surface area contributed by atoms with Crippen LogP contribution in [0.2, 0.25) is 5.28 Å². The molecule has 3 N–H and O–H groups in total. The number of aliphatic hydroxyl groups is 1. The van der Waals surface area contributed by atoms with Gasteiger partial charge in [0.15, 0.2) is 23.5 Å². The Morgan fingerprint density at radius 2 is 2.09 bits per heavy atom. The predicted octanol–water partition coefficient (Wildman–Crippen LogP) is 0.472. The molecule has 0 radical (unpaired) electrons. The maximum absolute atomic E-state index is 9.55. The molecular formula is C13H16ClN5O4. The molecule has 4 rings (SSSR count). The van der Waals surface area contributed by atoms with Gasteiger partial charge in [0.25, 0.3) is 0 Å². The Bertz CT molecular complexity index is 766. The molecular weight excluding hydrogens is 326 g/mol. The van der Waals surface area contributed by atoms with Gasteiger partial charge in [-0.2, -0.15) is 9.97 Å². The summed E-state index contributed by atoms with van der Waals surface area (Å²) >= 11 is 5.89. The monoisotopic (exact) mass is 341 g/mol. The number of aromatic nitrogens is 4. The molecule has 0 aliphatic carbocycles. The molecule has 4 heterocycles. The van der Waals surface area contributed by atoms with Crippen LogP contribution in [0, 0.1) is 0 Å². The third-order valence-corrected chi connectivity index (χ3v) is 4.17. The molecule has 2 aliphatic rings. The van der Waals surface area contributed by atoms with Crippen molar-refractivity contribution in [3.8, 4) is 0 Å². The Morgan fingerprint density at radius 3 is 2.83 bits per heavy atom. The summed E-state index contributed by atoms with van der Waals surface area (Å²) < 4.78 is 19.3. The highest BCUT2D eigenvalue weighted by molar-refractivity contribution is 6.28. The Kier molecular flexibility index (Phi) is 3.26. The van der Waals surface area contributed by atoms with Gasteiger partial charge in [0, 0.05) is 0 Å². The van der Waals surface area contributed by atoms with Crippen LogP contribution in [0.5, 0.6) is 0 Å². The highest BCUT2D eigenvalue weighted by atomic mass is 35.5. The third-order valence-electron chi connectivity index (χ3n) is 4.00. The SMILES string of the molecule is CC1(C)OC2[C@H](CO)O[C@H](n3cnc4c(N)nc(Cl)nc43)[C@@H]2O1. The van der Waals surface area contributed by atoms with Crippen LogP contribution in [0.15, 0.2) is 6.33 Å². The summed E-state index contributed by atoms with van der Waals surface area (Å²) in [4.78, 5) is 12.3. The van der Waals surface area contributed by atoms with Crippen molar-refractivity contribution in [3.05, 3.63) is 11.6 Å². The Labute approximate surface area is 136 Å². The van der Waals surface area contributed by atoms with Gasteiger partial charge < -0.3 is 25.1 Å². The standard InChI is InChI=1S/C13H16ClN5O4/c1-13(2)22-7-5(3-20)21-11(8(7)23-13)19-4-16-6-9(15)17-12(14)18-10(6)19/h4-5,7-8,11,20H,3H2,1-2H3,(H2,15,17,18)/t5-,7?,8+,11-/m0/s1. The zero-order valence-electron chi connectivity index (χ0n) is 12.5. The summed E-state index contributed by atoms with van der Waals surface area (Å²) in [7, 11) is 0. The topological polar surface area (TPSA) is 118 Å². The van der Waals surface area contributed by atoms with Crippen molar-refractivity contribution in [2.75, 3.05) is 12.3 Å². The van der Waals surface area contributed by atoms with Crippen LogP contribution in [0.4, 0.5) is 5.82 Å². The lowest BCUT2D eigenvalue weighted by Gasteiger charge is -2.24. The number of halogens is 1. The first-order valence-electron chi connectivity index (χ1n) is 7.17. The van der Waals surface area contributed by atoms with Crippen LogP contribution in [-0.4, -0.2) is 55.3 Å². The van der Waals surface area contributed by atoms with Gasteiger partial charge in [0.2, 0.25) is 5.28 Å². The Morgan fingerprint density at radius 1 is 1.35 bits per heavy atom. The fraction of sp³-hybridized carbons (Fsp3) is 0.615. The van der Waals surface area contributed by atoms with Gasteiger partial charge in [-0.25, -0.2) is 4.98 Å². The maximum atomic E-state index is 9.55. The van der Waals surface area contributed by atoms with Gasteiger partial charge >= 0.3 is 0 Å². The minimum Gasteiger partial charge on any atom is -0.394 e. The predicted molar refractivity (Wildman–Crippen MR) is 79.6 cm³/mol. The molecule has 2 aliphatic heterocycles. The summed E-state index contributed by atoms with van der Waals surface area (Å²) in [6.45, 7) is 3.46. The number of anilines is 1. The highest BCUT2D eigenvalue weighted by Crippen LogP contribution is 2.43. The number of nitrogens with zero attached hydrogens (tertiary/aromatic N) is 4. The summed E-state index contributed by atoms with van der Waals surface area (Å²) in [6, 6.07) is 0. The molecule has 23 heavy (non-hydrogen) atoms. The molecule has 2 fully saturated rings. The molecule has 0 amide bonds. The van der Waals surface area contributed by atoms with Crippen LogP contribution < -0.4 is 5.73 Å². The van der Waals surface area contributed by atoms with E-state index in [-0.39, 0.29) is 23.8 Å². The molecule has 1 unspecified atom stereocenters. The lowest BCUT2D eigenvalue weighted by atomic mass is 10.1. The van der Waals surface area contributed by atoms with Crippen LogP contribution in [0.25, 0.3) is 11.2 Å². The van der Waals surface area contributed by atoms with Crippen molar-refractivity contribution in [2.45, 2.75) is 44.2 Å². The van der Waals surface area contributed by atoms with Gasteiger partial charge in [0.1, 0.15) is 23.8 Å². The maximum Gasteiger partial charge on any atom is 0.226 e. The van der Waals surface area contributed by atoms with Crippen molar-refractivity contribution in [1.29, 1.82) is 0 Å². The molecule has 4 atom stereocenters. The Balaban J connectivity index is 1.79. The fourth-order valence-corrected chi connectivity index (χ4v) is 3.30. The molecule has 2 aromatic rings. The summed E-state index contributed by atoms with van der Waals surface area (Å²) in [6.07, 6.45) is -0.308. The largest absolute Gasteiger partial charge is 0.394 e. The number of fused-ring (bicyclic) bond motifs is 2. The lowest BCUT2D eigenvalue weighted by molar-refractivity contribution is -0.199. The highest BCUT2D eigenvalue weighted by Gasteiger charge is 2.55. The van der Waals surface area contributed by atoms with E-state index in [0.29, 0.717) is 11.2 Å². The molecule has 0 saturated carbocycles. The van der Waals surface area contributed by atoms with Crippen LogP contribution >= 0.6 is 11.6 Å². The average molecular weight is 342 g/mol. The summed E-state index contributed by atoms with van der Waals surface area (Å²) in [5.74, 6) is -0.566. The number of hydrogen-bond acceptors (Lipinski definition) is 8. The number of aliphatic hydroxyl groups excluding tert-OH is 1. The molecule has 10 heteroatoms. The first-order chi connectivity index (χ1) is 10.9. The average Bonchev–Trinajstić information content (AvgIpc) is 3.09. The van der Waals surface area contributed by atoms with Crippen molar-refractivity contribution in [1.82, 2.24) is 19.5 Å². The van der Waals surface area contributed by atoms with Crippen molar-refractivity contribution < 1.29 is 19.3 Å². The van der Waals surface area contributed by atoms with E-state index in [9.17, 15) is 5.11 Å². The second-order valence-electron chi connectivity index (χ2n) is 6.01.